The van der Waals surface area contributed by atoms with Crippen LogP contribution in [-0.2, 0) is 4.79 Å². The molecule has 0 amide bonds. The van der Waals surface area contributed by atoms with Gasteiger partial charge in [0.1, 0.15) is 0 Å². The monoisotopic (exact) mass is 256 g/mol. The summed E-state index contributed by atoms with van der Waals surface area (Å²) in [5.74, 6) is -0.999. The molecule has 0 aromatic carbocycles. The van der Waals surface area contributed by atoms with Crippen molar-refractivity contribution in [2.45, 2.75) is 77.2 Å². The summed E-state index contributed by atoms with van der Waals surface area (Å²) in [6.45, 7) is 2.23. The Hall–Kier alpha value is -0.830. The minimum atomic E-state index is -0.999. The molecular weight excluding hydrogens is 228 g/mol. The van der Waals surface area contributed by atoms with E-state index in [0.717, 1.165) is 18.9 Å². The Bertz CT molecular complexity index is 224. The molecule has 0 aliphatic heterocycles. The van der Waals surface area contributed by atoms with Crippen LogP contribution in [0, 0.1) is 0 Å². The van der Waals surface area contributed by atoms with Crippen LogP contribution in [0.25, 0.3) is 0 Å². The number of rotatable bonds is 12. The van der Waals surface area contributed by atoms with Gasteiger partial charge in [0, 0.05) is 6.08 Å². The average molecular weight is 256 g/mol. The van der Waals surface area contributed by atoms with Crippen molar-refractivity contribution in [3.05, 3.63) is 12.2 Å². The van der Waals surface area contributed by atoms with E-state index >= 15 is 0 Å². The summed E-state index contributed by atoms with van der Waals surface area (Å²) in [6.07, 6.45) is 13.7. The van der Waals surface area contributed by atoms with Gasteiger partial charge in [-0.1, -0.05) is 64.7 Å². The van der Waals surface area contributed by atoms with Crippen LogP contribution >= 0.6 is 0 Å². The zero-order chi connectivity index (χ0) is 13.6. The van der Waals surface area contributed by atoms with E-state index in [1.807, 2.05) is 0 Å². The molecule has 0 aliphatic carbocycles. The summed E-state index contributed by atoms with van der Waals surface area (Å²) in [5.41, 5.74) is 0. The molecule has 0 saturated heterocycles. The number of hydrogen-bond donors (Lipinski definition) is 2. The molecule has 0 bridgehead atoms. The predicted octanol–water partition coefficient (Wildman–Crippen LogP) is 3.91. The molecular formula is C15H28O3. The molecule has 0 rings (SSSR count). The van der Waals surface area contributed by atoms with E-state index in [0.29, 0.717) is 6.42 Å². The Morgan fingerprint density at radius 1 is 1.00 bits per heavy atom. The fraction of sp³-hybridized carbons (Fsp3) is 0.800. The van der Waals surface area contributed by atoms with Gasteiger partial charge in [0.15, 0.2) is 0 Å². The van der Waals surface area contributed by atoms with Gasteiger partial charge in [0.25, 0.3) is 0 Å². The normalized spacial score (nSPS) is 13.0. The molecule has 18 heavy (non-hydrogen) atoms. The first-order valence-corrected chi connectivity index (χ1v) is 7.26. The summed E-state index contributed by atoms with van der Waals surface area (Å²) in [7, 11) is 0. The third kappa shape index (κ3) is 13.2. The number of carboxylic acid groups (broad SMARTS) is 1. The minimum absolute atomic E-state index is 0.606. The lowest BCUT2D eigenvalue weighted by Crippen LogP contribution is -2.03. The van der Waals surface area contributed by atoms with E-state index in [4.69, 9.17) is 5.11 Å². The van der Waals surface area contributed by atoms with Crippen molar-refractivity contribution in [1.29, 1.82) is 0 Å². The van der Waals surface area contributed by atoms with Gasteiger partial charge in [-0.05, 0) is 12.5 Å². The van der Waals surface area contributed by atoms with E-state index in [1.54, 1.807) is 0 Å². The van der Waals surface area contributed by atoms with Crippen LogP contribution in [0.2, 0.25) is 0 Å². The van der Waals surface area contributed by atoms with Crippen molar-refractivity contribution in [2.75, 3.05) is 0 Å². The van der Waals surface area contributed by atoms with Gasteiger partial charge in [0.05, 0.1) is 6.10 Å². The first-order chi connectivity index (χ1) is 8.66. The highest BCUT2D eigenvalue weighted by Crippen LogP contribution is 2.11. The molecule has 0 aromatic rings. The molecule has 0 fully saturated rings. The lowest BCUT2D eigenvalue weighted by molar-refractivity contribution is -0.131. The largest absolute Gasteiger partial charge is 0.478 e. The van der Waals surface area contributed by atoms with Gasteiger partial charge in [-0.2, -0.15) is 0 Å². The van der Waals surface area contributed by atoms with Crippen molar-refractivity contribution in [3.63, 3.8) is 0 Å². The second-order valence-corrected chi connectivity index (χ2v) is 4.88. The van der Waals surface area contributed by atoms with Crippen molar-refractivity contribution >= 4 is 5.97 Å². The lowest BCUT2D eigenvalue weighted by Gasteiger charge is -2.05. The van der Waals surface area contributed by atoms with Crippen molar-refractivity contribution < 1.29 is 15.0 Å². The van der Waals surface area contributed by atoms with Gasteiger partial charge in [-0.25, -0.2) is 4.79 Å². The summed E-state index contributed by atoms with van der Waals surface area (Å²) in [5, 5.41) is 17.8. The topological polar surface area (TPSA) is 57.5 Å². The molecule has 0 heterocycles. The molecule has 2 N–H and O–H groups in total. The highest BCUT2D eigenvalue weighted by atomic mass is 16.4. The summed E-state index contributed by atoms with van der Waals surface area (Å²) in [4.78, 5) is 10.2. The number of aliphatic hydroxyl groups is 1. The van der Waals surface area contributed by atoms with E-state index in [2.05, 4.69) is 6.92 Å². The van der Waals surface area contributed by atoms with Gasteiger partial charge < -0.3 is 10.2 Å². The predicted molar refractivity (Wildman–Crippen MR) is 74.6 cm³/mol. The average Bonchev–Trinajstić information content (AvgIpc) is 2.34. The maximum Gasteiger partial charge on any atom is 0.328 e. The minimum Gasteiger partial charge on any atom is -0.478 e. The van der Waals surface area contributed by atoms with Crippen LogP contribution in [0.3, 0.4) is 0 Å². The van der Waals surface area contributed by atoms with E-state index in [-0.39, 0.29) is 0 Å². The van der Waals surface area contributed by atoms with Crippen LogP contribution in [-0.4, -0.2) is 22.3 Å². The summed E-state index contributed by atoms with van der Waals surface area (Å²) < 4.78 is 0. The Morgan fingerprint density at radius 2 is 1.50 bits per heavy atom. The maximum atomic E-state index is 10.2. The zero-order valence-corrected chi connectivity index (χ0v) is 11.6. The fourth-order valence-corrected chi connectivity index (χ4v) is 1.95. The first kappa shape index (κ1) is 17.2. The van der Waals surface area contributed by atoms with Crippen LogP contribution in [0.1, 0.15) is 71.1 Å². The molecule has 0 radical (unpaired) electrons. The molecule has 1 atom stereocenters. The Labute approximate surface area is 111 Å². The fourth-order valence-electron chi connectivity index (χ4n) is 1.95. The van der Waals surface area contributed by atoms with Crippen molar-refractivity contribution in [3.8, 4) is 0 Å². The van der Waals surface area contributed by atoms with Crippen LogP contribution in [0.4, 0.5) is 0 Å². The molecule has 0 spiro atoms. The van der Waals surface area contributed by atoms with E-state index in [1.165, 1.54) is 51.0 Å². The zero-order valence-electron chi connectivity index (χ0n) is 11.6. The standard InChI is InChI=1S/C15H28O3/c1-2-3-4-5-6-7-8-9-10-11-14(16)12-13-15(17)18/h12-14,16H,2-11H2,1H3,(H,17,18). The summed E-state index contributed by atoms with van der Waals surface area (Å²) >= 11 is 0. The molecule has 3 heteroatoms. The SMILES string of the molecule is CCCCCCCCCCCC(O)C=CC(=O)O. The van der Waals surface area contributed by atoms with Gasteiger partial charge in [-0.3, -0.25) is 0 Å². The second-order valence-electron chi connectivity index (χ2n) is 4.88. The highest BCUT2D eigenvalue weighted by Gasteiger charge is 2.00. The number of carbonyl (C=O) groups is 1. The Kier molecular flexibility index (Phi) is 12.0. The maximum absolute atomic E-state index is 10.2. The molecule has 0 aliphatic rings. The van der Waals surface area contributed by atoms with Crippen molar-refractivity contribution in [2.24, 2.45) is 0 Å². The first-order valence-electron chi connectivity index (χ1n) is 7.26. The number of unbranched alkanes of at least 4 members (excludes halogenated alkanes) is 8. The highest BCUT2D eigenvalue weighted by molar-refractivity contribution is 5.79. The van der Waals surface area contributed by atoms with E-state index in [9.17, 15) is 9.90 Å². The van der Waals surface area contributed by atoms with Gasteiger partial charge in [0.2, 0.25) is 0 Å². The molecule has 0 saturated carbocycles. The Balaban J connectivity index is 3.22. The Morgan fingerprint density at radius 3 is 2.00 bits per heavy atom. The quantitative estimate of drug-likeness (QED) is 0.411. The van der Waals surface area contributed by atoms with Crippen molar-refractivity contribution in [1.82, 2.24) is 0 Å². The summed E-state index contributed by atoms with van der Waals surface area (Å²) in [6, 6.07) is 0. The number of carboxylic acids is 1. The van der Waals surface area contributed by atoms with Crippen LogP contribution in [0.5, 0.6) is 0 Å². The van der Waals surface area contributed by atoms with Gasteiger partial charge >= 0.3 is 5.97 Å². The second kappa shape index (κ2) is 12.6. The molecule has 1 unspecified atom stereocenters. The number of aliphatic hydroxyl groups excluding tert-OH is 1. The molecule has 0 aromatic heterocycles. The number of hydrogen-bond acceptors (Lipinski definition) is 2. The van der Waals surface area contributed by atoms with E-state index < -0.39 is 12.1 Å². The molecule has 3 nitrogen and oxygen atoms in total. The van der Waals surface area contributed by atoms with Crippen LogP contribution < -0.4 is 0 Å². The molecule has 106 valence electrons. The van der Waals surface area contributed by atoms with Gasteiger partial charge in [-0.15, -0.1) is 0 Å². The smallest absolute Gasteiger partial charge is 0.328 e. The third-order valence-electron chi connectivity index (χ3n) is 3.06. The number of aliphatic carboxylic acids is 1. The third-order valence-corrected chi connectivity index (χ3v) is 3.06. The lowest BCUT2D eigenvalue weighted by atomic mass is 10.0. The van der Waals surface area contributed by atoms with Crippen LogP contribution in [0.15, 0.2) is 12.2 Å².